The van der Waals surface area contributed by atoms with Gasteiger partial charge in [0.05, 0.1) is 12.0 Å². The number of hydrogen-bond acceptors (Lipinski definition) is 4. The van der Waals surface area contributed by atoms with Gasteiger partial charge in [-0.3, -0.25) is 4.90 Å². The van der Waals surface area contributed by atoms with Gasteiger partial charge in [0.15, 0.2) is 0 Å². The number of thiophene rings is 1. The van der Waals surface area contributed by atoms with E-state index in [1.807, 2.05) is 6.07 Å². The second-order valence-corrected chi connectivity index (χ2v) is 5.34. The van der Waals surface area contributed by atoms with Crippen LogP contribution < -0.4 is 4.74 Å². The topological polar surface area (TPSA) is 32.7 Å². The van der Waals surface area contributed by atoms with E-state index in [-0.39, 0.29) is 0 Å². The highest BCUT2D eigenvalue weighted by molar-refractivity contribution is 7.10. The number of rotatable bonds is 4. The minimum absolute atomic E-state index is 0.318. The van der Waals surface area contributed by atoms with Gasteiger partial charge in [0.1, 0.15) is 5.75 Å². The number of piperidine rings is 1. The summed E-state index contributed by atoms with van der Waals surface area (Å²) in [5.41, 5.74) is 0. The molecule has 3 nitrogen and oxygen atoms in total. The zero-order chi connectivity index (χ0) is 11.4. The average molecular weight is 241 g/mol. The summed E-state index contributed by atoms with van der Waals surface area (Å²) in [6.45, 7) is 3.42. The summed E-state index contributed by atoms with van der Waals surface area (Å²) >= 11 is 1.75. The molecule has 0 spiro atoms. The summed E-state index contributed by atoms with van der Waals surface area (Å²) in [5, 5.41) is 11.3. The minimum atomic E-state index is 0.318. The molecule has 1 aliphatic heterocycles. The van der Waals surface area contributed by atoms with Crippen molar-refractivity contribution in [3.05, 3.63) is 16.3 Å². The molecule has 4 heteroatoms. The summed E-state index contributed by atoms with van der Waals surface area (Å²) in [6, 6.07) is 2.02. The highest BCUT2D eigenvalue weighted by atomic mass is 32.1. The molecule has 0 radical (unpaired) electrons. The van der Waals surface area contributed by atoms with E-state index in [1.165, 1.54) is 11.3 Å². The zero-order valence-corrected chi connectivity index (χ0v) is 10.5. The first kappa shape index (κ1) is 11.9. The van der Waals surface area contributed by atoms with Gasteiger partial charge in [-0.2, -0.15) is 0 Å². The lowest BCUT2D eigenvalue weighted by Gasteiger charge is -2.31. The van der Waals surface area contributed by atoms with Crippen molar-refractivity contribution in [3.63, 3.8) is 0 Å². The Kier molecular flexibility index (Phi) is 4.21. The molecule has 0 amide bonds. The third-order valence-corrected chi connectivity index (χ3v) is 4.04. The lowest BCUT2D eigenvalue weighted by atomic mass is 9.99. The Balaban J connectivity index is 1.93. The highest BCUT2D eigenvalue weighted by Crippen LogP contribution is 2.27. The molecule has 0 saturated carbocycles. The Labute approximate surface area is 101 Å². The van der Waals surface area contributed by atoms with Crippen molar-refractivity contribution in [1.29, 1.82) is 0 Å². The summed E-state index contributed by atoms with van der Waals surface area (Å²) in [5.74, 6) is 1.45. The summed E-state index contributed by atoms with van der Waals surface area (Å²) in [6.07, 6.45) is 2.35. The molecule has 1 N–H and O–H groups in total. The van der Waals surface area contributed by atoms with E-state index in [0.29, 0.717) is 12.5 Å². The van der Waals surface area contributed by atoms with Crippen LogP contribution in [0.5, 0.6) is 5.75 Å². The first-order valence-electron chi connectivity index (χ1n) is 5.77. The van der Waals surface area contributed by atoms with E-state index in [0.717, 1.165) is 31.8 Å². The number of likely N-dealkylation sites (tertiary alicyclic amines) is 1. The molecule has 1 fully saturated rings. The van der Waals surface area contributed by atoms with E-state index < -0.39 is 0 Å². The van der Waals surface area contributed by atoms with Gasteiger partial charge in [-0.15, -0.1) is 11.3 Å². The van der Waals surface area contributed by atoms with Crippen LogP contribution in [0, 0.1) is 5.92 Å². The number of hydrogen-bond donors (Lipinski definition) is 1. The molecule has 90 valence electrons. The van der Waals surface area contributed by atoms with Crippen LogP contribution in [-0.4, -0.2) is 36.8 Å². The molecule has 0 aliphatic carbocycles. The van der Waals surface area contributed by atoms with E-state index in [9.17, 15) is 5.11 Å². The van der Waals surface area contributed by atoms with Gasteiger partial charge in [0, 0.05) is 19.7 Å². The molecule has 16 heavy (non-hydrogen) atoms. The monoisotopic (exact) mass is 241 g/mol. The number of ether oxygens (including phenoxy) is 1. The van der Waals surface area contributed by atoms with Crippen molar-refractivity contribution < 1.29 is 9.84 Å². The SMILES string of the molecule is COc1ccsc1CN1CCCC(CO)C1. The molecule has 2 rings (SSSR count). The Morgan fingerprint density at radius 1 is 1.62 bits per heavy atom. The van der Waals surface area contributed by atoms with Gasteiger partial charge in [-0.05, 0) is 36.8 Å². The van der Waals surface area contributed by atoms with E-state index in [4.69, 9.17) is 4.74 Å². The van der Waals surface area contributed by atoms with Crippen LogP contribution in [0.15, 0.2) is 11.4 Å². The first-order valence-corrected chi connectivity index (χ1v) is 6.65. The van der Waals surface area contributed by atoms with Gasteiger partial charge >= 0.3 is 0 Å². The molecule has 1 aromatic heterocycles. The Bertz CT molecular complexity index is 327. The first-order chi connectivity index (χ1) is 7.83. The summed E-state index contributed by atoms with van der Waals surface area (Å²) < 4.78 is 5.31. The Morgan fingerprint density at radius 2 is 2.50 bits per heavy atom. The van der Waals surface area contributed by atoms with E-state index >= 15 is 0 Å². The number of aliphatic hydroxyl groups excluding tert-OH is 1. The second kappa shape index (κ2) is 5.66. The number of aliphatic hydroxyl groups is 1. The van der Waals surface area contributed by atoms with Crippen molar-refractivity contribution in [2.45, 2.75) is 19.4 Å². The fourth-order valence-electron chi connectivity index (χ4n) is 2.27. The number of methoxy groups -OCH3 is 1. The van der Waals surface area contributed by atoms with Crippen LogP contribution in [0.4, 0.5) is 0 Å². The van der Waals surface area contributed by atoms with Gasteiger partial charge in [-0.25, -0.2) is 0 Å². The minimum Gasteiger partial charge on any atom is -0.496 e. The van der Waals surface area contributed by atoms with Crippen molar-refractivity contribution in [1.82, 2.24) is 4.90 Å². The zero-order valence-electron chi connectivity index (χ0n) is 9.69. The number of nitrogens with zero attached hydrogens (tertiary/aromatic N) is 1. The average Bonchev–Trinajstić information content (AvgIpc) is 2.76. The normalized spacial score (nSPS) is 22.2. The maximum absolute atomic E-state index is 9.19. The van der Waals surface area contributed by atoms with Gasteiger partial charge < -0.3 is 9.84 Å². The maximum Gasteiger partial charge on any atom is 0.134 e. The lowest BCUT2D eigenvalue weighted by molar-refractivity contribution is 0.116. The molecule has 1 unspecified atom stereocenters. The predicted octanol–water partition coefficient (Wildman–Crippen LogP) is 1.96. The molecule has 0 aromatic carbocycles. The van der Waals surface area contributed by atoms with Crippen LogP contribution >= 0.6 is 11.3 Å². The van der Waals surface area contributed by atoms with E-state index in [2.05, 4.69) is 10.3 Å². The fourth-order valence-corrected chi connectivity index (χ4v) is 3.15. The van der Waals surface area contributed by atoms with Gasteiger partial charge in [0.25, 0.3) is 0 Å². The largest absolute Gasteiger partial charge is 0.496 e. The van der Waals surface area contributed by atoms with Crippen LogP contribution in [0.3, 0.4) is 0 Å². The predicted molar refractivity (Wildman–Crippen MR) is 66.0 cm³/mol. The van der Waals surface area contributed by atoms with Crippen LogP contribution in [0.1, 0.15) is 17.7 Å². The van der Waals surface area contributed by atoms with Gasteiger partial charge in [0.2, 0.25) is 0 Å². The molecule has 0 bridgehead atoms. The molecule has 1 atom stereocenters. The van der Waals surface area contributed by atoms with Gasteiger partial charge in [-0.1, -0.05) is 0 Å². The molecule has 1 saturated heterocycles. The smallest absolute Gasteiger partial charge is 0.134 e. The molecule has 1 aliphatic rings. The van der Waals surface area contributed by atoms with Crippen molar-refractivity contribution >= 4 is 11.3 Å². The molecule has 2 heterocycles. The highest BCUT2D eigenvalue weighted by Gasteiger charge is 2.20. The molecule has 1 aromatic rings. The third kappa shape index (κ3) is 2.75. The van der Waals surface area contributed by atoms with Crippen LogP contribution in [0.25, 0.3) is 0 Å². The Morgan fingerprint density at radius 3 is 3.25 bits per heavy atom. The molecular formula is C12H19NO2S. The second-order valence-electron chi connectivity index (χ2n) is 4.34. The maximum atomic E-state index is 9.19. The van der Waals surface area contributed by atoms with Crippen molar-refractivity contribution in [2.75, 3.05) is 26.8 Å². The molecular weight excluding hydrogens is 222 g/mol. The van der Waals surface area contributed by atoms with Crippen molar-refractivity contribution in [2.24, 2.45) is 5.92 Å². The Hall–Kier alpha value is -0.580. The fraction of sp³-hybridized carbons (Fsp3) is 0.667. The summed E-state index contributed by atoms with van der Waals surface area (Å²) in [7, 11) is 1.72. The quantitative estimate of drug-likeness (QED) is 0.874. The van der Waals surface area contributed by atoms with Crippen LogP contribution in [-0.2, 0) is 6.54 Å². The van der Waals surface area contributed by atoms with Crippen molar-refractivity contribution in [3.8, 4) is 5.75 Å². The van der Waals surface area contributed by atoms with Crippen LogP contribution in [0.2, 0.25) is 0 Å². The van der Waals surface area contributed by atoms with E-state index in [1.54, 1.807) is 18.4 Å². The lowest BCUT2D eigenvalue weighted by Crippen LogP contribution is -2.36. The summed E-state index contributed by atoms with van der Waals surface area (Å²) in [4.78, 5) is 3.71. The third-order valence-electron chi connectivity index (χ3n) is 3.15. The standard InChI is InChI=1S/C12H19NO2S/c1-15-11-4-6-16-12(11)8-13-5-2-3-10(7-13)9-14/h4,6,10,14H,2-3,5,7-9H2,1H3.